The van der Waals surface area contributed by atoms with Crippen LogP contribution in [-0.4, -0.2) is 33.5 Å². The third-order valence-electron chi connectivity index (χ3n) is 4.20. The maximum atomic E-state index is 13.9. The van der Waals surface area contributed by atoms with Gasteiger partial charge in [-0.2, -0.15) is 5.10 Å². The molecule has 0 radical (unpaired) electrons. The number of nitrogens with zero attached hydrogens (tertiary/aromatic N) is 2. The van der Waals surface area contributed by atoms with Crippen molar-refractivity contribution in [2.45, 2.75) is 20.3 Å². The van der Waals surface area contributed by atoms with E-state index in [2.05, 4.69) is 25.8 Å². The smallest absolute Gasteiger partial charge is 0.258 e. The van der Waals surface area contributed by atoms with Gasteiger partial charge in [-0.3, -0.25) is 14.7 Å². The first kappa shape index (κ1) is 20.5. The zero-order chi connectivity index (χ0) is 21.0. The lowest BCUT2D eigenvalue weighted by Gasteiger charge is -2.11. The van der Waals surface area contributed by atoms with Crippen molar-refractivity contribution in [3.05, 3.63) is 75.6 Å². The molecule has 1 aromatic heterocycles. The highest BCUT2D eigenvalue weighted by Gasteiger charge is 2.15. The van der Waals surface area contributed by atoms with Gasteiger partial charge < -0.3 is 10.6 Å². The molecule has 0 fully saturated rings. The predicted molar refractivity (Wildman–Crippen MR) is 108 cm³/mol. The van der Waals surface area contributed by atoms with E-state index in [1.165, 1.54) is 12.1 Å². The van der Waals surface area contributed by atoms with Crippen LogP contribution in [0.4, 0.5) is 10.1 Å². The first-order valence-electron chi connectivity index (χ1n) is 8.86. The van der Waals surface area contributed by atoms with Crippen molar-refractivity contribution in [1.82, 2.24) is 20.5 Å². The molecule has 150 valence electrons. The normalized spacial score (nSPS) is 10.6. The van der Waals surface area contributed by atoms with Crippen LogP contribution < -0.4 is 10.6 Å². The van der Waals surface area contributed by atoms with Gasteiger partial charge in [-0.05, 0) is 49.7 Å². The molecular formula is C20H19ClFN5O2. The van der Waals surface area contributed by atoms with Gasteiger partial charge in [0, 0.05) is 29.2 Å². The Hall–Kier alpha value is -3.26. The van der Waals surface area contributed by atoms with Crippen molar-refractivity contribution in [3.63, 3.8) is 0 Å². The van der Waals surface area contributed by atoms with Crippen LogP contribution in [0.25, 0.3) is 0 Å². The van der Waals surface area contributed by atoms with Gasteiger partial charge in [0.1, 0.15) is 11.6 Å². The number of benzene rings is 2. The number of anilines is 1. The number of amides is 2. The maximum Gasteiger partial charge on any atom is 0.258 e. The summed E-state index contributed by atoms with van der Waals surface area (Å²) >= 11 is 5.85. The number of aromatic nitrogens is 3. The number of rotatable bonds is 6. The van der Waals surface area contributed by atoms with E-state index in [0.29, 0.717) is 35.9 Å². The third kappa shape index (κ3) is 5.17. The molecule has 2 amide bonds. The second kappa shape index (κ2) is 8.83. The second-order valence-electron chi connectivity index (χ2n) is 6.45. The molecular weight excluding hydrogens is 397 g/mol. The average Bonchev–Trinajstić information content (AvgIpc) is 3.10. The molecule has 0 saturated carbocycles. The second-order valence-corrected chi connectivity index (χ2v) is 6.89. The minimum absolute atomic E-state index is 0.173. The number of carbonyl (C=O) groups excluding carboxylic acids is 2. The van der Waals surface area contributed by atoms with Crippen molar-refractivity contribution < 1.29 is 14.0 Å². The molecule has 9 heteroatoms. The summed E-state index contributed by atoms with van der Waals surface area (Å²) in [5, 5.41) is 12.4. The summed E-state index contributed by atoms with van der Waals surface area (Å²) in [5.74, 6) is -0.308. The number of carbonyl (C=O) groups is 2. The van der Waals surface area contributed by atoms with E-state index in [9.17, 15) is 14.0 Å². The van der Waals surface area contributed by atoms with E-state index < -0.39 is 11.7 Å². The number of halogens is 2. The van der Waals surface area contributed by atoms with Gasteiger partial charge in [-0.1, -0.05) is 17.7 Å². The number of H-pyrrole nitrogens is 1. The zero-order valence-electron chi connectivity index (χ0n) is 15.8. The van der Waals surface area contributed by atoms with E-state index >= 15 is 0 Å². The highest BCUT2D eigenvalue weighted by molar-refractivity contribution is 6.31. The number of hydrogen-bond donors (Lipinski definition) is 3. The van der Waals surface area contributed by atoms with Crippen LogP contribution in [0.15, 0.2) is 36.4 Å². The highest BCUT2D eigenvalue weighted by atomic mass is 35.5. The van der Waals surface area contributed by atoms with Crippen LogP contribution >= 0.6 is 11.6 Å². The lowest BCUT2D eigenvalue weighted by molar-refractivity contribution is 0.0952. The lowest BCUT2D eigenvalue weighted by Crippen LogP contribution is -2.26. The first-order chi connectivity index (χ1) is 13.8. The molecule has 1 heterocycles. The lowest BCUT2D eigenvalue weighted by atomic mass is 10.1. The number of aryl methyl sites for hydroxylation is 2. The molecule has 0 unspecified atom stereocenters. The van der Waals surface area contributed by atoms with Crippen LogP contribution in [0.5, 0.6) is 0 Å². The van der Waals surface area contributed by atoms with E-state index in [-0.39, 0.29) is 16.5 Å². The topological polar surface area (TPSA) is 99.8 Å². The SMILES string of the molecule is Cc1nc(CCNC(=O)c2ccc(C)c(NC(=O)c3cc(Cl)ccc3F)c2)n[nH]1. The Morgan fingerprint density at radius 1 is 1.14 bits per heavy atom. The predicted octanol–water partition coefficient (Wildman–Crippen LogP) is 3.44. The zero-order valence-corrected chi connectivity index (χ0v) is 16.6. The Labute approximate surface area is 171 Å². The summed E-state index contributed by atoms with van der Waals surface area (Å²) in [5.41, 5.74) is 1.33. The standard InChI is InChI=1S/C20H19ClFN5O2/c1-11-3-4-13(19(28)23-8-7-18-24-12(2)26-27-18)9-17(11)25-20(29)15-10-14(21)5-6-16(15)22/h3-6,9-10H,7-8H2,1-2H3,(H,23,28)(H,25,29)(H,24,26,27). The van der Waals surface area contributed by atoms with Gasteiger partial charge >= 0.3 is 0 Å². The largest absolute Gasteiger partial charge is 0.352 e. The van der Waals surface area contributed by atoms with Crippen LogP contribution in [0, 0.1) is 19.7 Å². The van der Waals surface area contributed by atoms with Gasteiger partial charge in [0.05, 0.1) is 5.56 Å². The highest BCUT2D eigenvalue weighted by Crippen LogP contribution is 2.20. The monoisotopic (exact) mass is 415 g/mol. The molecule has 3 rings (SSSR count). The van der Waals surface area contributed by atoms with Gasteiger partial charge in [-0.15, -0.1) is 0 Å². The summed E-state index contributed by atoms with van der Waals surface area (Å²) < 4.78 is 13.9. The molecule has 0 aliphatic rings. The van der Waals surface area contributed by atoms with E-state index in [0.717, 1.165) is 11.6 Å². The molecule has 3 N–H and O–H groups in total. The molecule has 0 spiro atoms. The maximum absolute atomic E-state index is 13.9. The quantitative estimate of drug-likeness (QED) is 0.574. The Balaban J connectivity index is 1.67. The fourth-order valence-corrected chi connectivity index (χ4v) is 2.82. The van der Waals surface area contributed by atoms with E-state index in [1.807, 2.05) is 0 Å². The van der Waals surface area contributed by atoms with E-state index in [4.69, 9.17) is 11.6 Å². The molecule has 0 aliphatic carbocycles. The summed E-state index contributed by atoms with van der Waals surface area (Å²) in [4.78, 5) is 29.0. The summed E-state index contributed by atoms with van der Waals surface area (Å²) in [6.07, 6.45) is 0.486. The summed E-state index contributed by atoms with van der Waals surface area (Å²) in [6.45, 7) is 3.93. The molecule has 7 nitrogen and oxygen atoms in total. The molecule has 0 saturated heterocycles. The third-order valence-corrected chi connectivity index (χ3v) is 4.43. The fraction of sp³-hybridized carbons (Fsp3) is 0.200. The average molecular weight is 416 g/mol. The van der Waals surface area contributed by atoms with Gasteiger partial charge in [0.2, 0.25) is 0 Å². The first-order valence-corrected chi connectivity index (χ1v) is 9.24. The number of aromatic amines is 1. The molecule has 2 aromatic carbocycles. The van der Waals surface area contributed by atoms with E-state index in [1.54, 1.807) is 32.0 Å². The van der Waals surface area contributed by atoms with Gasteiger partial charge in [-0.25, -0.2) is 9.37 Å². The van der Waals surface area contributed by atoms with Gasteiger partial charge in [0.25, 0.3) is 11.8 Å². The Bertz CT molecular complexity index is 1070. The fourth-order valence-electron chi connectivity index (χ4n) is 2.65. The molecule has 0 atom stereocenters. The van der Waals surface area contributed by atoms with Crippen molar-refractivity contribution in [2.75, 3.05) is 11.9 Å². The van der Waals surface area contributed by atoms with Crippen LogP contribution in [-0.2, 0) is 6.42 Å². The number of hydrogen-bond acceptors (Lipinski definition) is 4. The molecule has 0 aliphatic heterocycles. The van der Waals surface area contributed by atoms with Crippen molar-refractivity contribution in [3.8, 4) is 0 Å². The van der Waals surface area contributed by atoms with Crippen LogP contribution in [0.3, 0.4) is 0 Å². The molecule has 29 heavy (non-hydrogen) atoms. The van der Waals surface area contributed by atoms with Gasteiger partial charge in [0.15, 0.2) is 5.82 Å². The Morgan fingerprint density at radius 2 is 1.93 bits per heavy atom. The summed E-state index contributed by atoms with van der Waals surface area (Å²) in [6, 6.07) is 8.65. The minimum atomic E-state index is -0.680. The number of nitrogens with one attached hydrogen (secondary N) is 3. The van der Waals surface area contributed by atoms with Crippen molar-refractivity contribution in [2.24, 2.45) is 0 Å². The van der Waals surface area contributed by atoms with Crippen LogP contribution in [0.2, 0.25) is 5.02 Å². The Morgan fingerprint density at radius 3 is 2.66 bits per heavy atom. The molecule has 0 bridgehead atoms. The van der Waals surface area contributed by atoms with Crippen molar-refractivity contribution in [1.29, 1.82) is 0 Å². The summed E-state index contributed by atoms with van der Waals surface area (Å²) in [7, 11) is 0. The van der Waals surface area contributed by atoms with Crippen LogP contribution in [0.1, 0.15) is 37.9 Å². The minimum Gasteiger partial charge on any atom is -0.352 e. The Kier molecular flexibility index (Phi) is 6.23. The molecule has 3 aromatic rings. The van der Waals surface area contributed by atoms with Crippen molar-refractivity contribution >= 4 is 29.1 Å².